The number of hydrogen-bond donors (Lipinski definition) is 2. The molecule has 0 saturated carbocycles. The van der Waals surface area contributed by atoms with E-state index in [4.69, 9.17) is 10.8 Å². The molecule has 0 spiro atoms. The second kappa shape index (κ2) is 4.65. The first kappa shape index (κ1) is 11.3. The van der Waals surface area contributed by atoms with Gasteiger partial charge in [0.15, 0.2) is 0 Å². The molecule has 2 atom stereocenters. The van der Waals surface area contributed by atoms with E-state index in [1.165, 1.54) is 16.7 Å². The average molecular weight is 218 g/mol. The Morgan fingerprint density at radius 2 is 2.29 bits per heavy atom. The van der Waals surface area contributed by atoms with E-state index in [0.717, 1.165) is 0 Å². The fourth-order valence-electron chi connectivity index (χ4n) is 1.29. The van der Waals surface area contributed by atoms with E-state index >= 15 is 0 Å². The molecule has 0 bridgehead atoms. The van der Waals surface area contributed by atoms with Gasteiger partial charge in [-0.25, -0.2) is 0 Å². The number of carbonyl (C=O) groups excluding carboxylic acids is 1. The number of carboxylic acids is 1. The topological polar surface area (TPSA) is 83.6 Å². The largest absolute Gasteiger partial charge is 0.480 e. The summed E-state index contributed by atoms with van der Waals surface area (Å²) in [6.07, 6.45) is 0. The average Bonchev–Trinajstić information content (AvgIpc) is 2.16. The minimum absolute atomic E-state index is 0.170. The minimum atomic E-state index is -0.864. The molecule has 1 fully saturated rings. The third kappa shape index (κ3) is 2.62. The number of aliphatic carboxylic acids is 1. The zero-order chi connectivity index (χ0) is 10.7. The van der Waals surface area contributed by atoms with E-state index in [2.05, 4.69) is 0 Å². The van der Waals surface area contributed by atoms with Gasteiger partial charge in [0.25, 0.3) is 0 Å². The SMILES string of the molecule is CC(N)C(=O)N1CCSC(C(=O)O)C1. The molecule has 1 aliphatic heterocycles. The zero-order valence-corrected chi connectivity index (χ0v) is 8.79. The highest BCUT2D eigenvalue weighted by molar-refractivity contribution is 8.00. The Labute approximate surface area is 86.6 Å². The third-order valence-electron chi connectivity index (χ3n) is 2.04. The molecule has 1 rings (SSSR count). The van der Waals surface area contributed by atoms with Crippen molar-refractivity contribution in [1.29, 1.82) is 0 Å². The number of carbonyl (C=O) groups is 2. The standard InChI is InChI=1S/C8H14N2O3S/c1-5(9)7(11)10-2-3-14-6(4-10)8(12)13/h5-6H,2-4,9H2,1H3,(H,12,13). The van der Waals surface area contributed by atoms with Crippen LogP contribution in [0.15, 0.2) is 0 Å². The Balaban J connectivity index is 2.56. The summed E-state index contributed by atoms with van der Waals surface area (Å²) in [5.41, 5.74) is 5.44. The lowest BCUT2D eigenvalue weighted by atomic mass is 10.2. The summed E-state index contributed by atoms with van der Waals surface area (Å²) >= 11 is 1.37. The lowest BCUT2D eigenvalue weighted by Gasteiger charge is -2.31. The van der Waals surface area contributed by atoms with Crippen LogP contribution in [0.2, 0.25) is 0 Å². The number of nitrogens with zero attached hydrogens (tertiary/aromatic N) is 1. The molecule has 1 saturated heterocycles. The number of hydrogen-bond acceptors (Lipinski definition) is 4. The Hall–Kier alpha value is -0.750. The van der Waals surface area contributed by atoms with Crippen LogP contribution in [-0.4, -0.2) is 52.0 Å². The van der Waals surface area contributed by atoms with Crippen molar-refractivity contribution in [3.63, 3.8) is 0 Å². The van der Waals surface area contributed by atoms with Crippen LogP contribution < -0.4 is 5.73 Å². The fourth-order valence-corrected chi connectivity index (χ4v) is 2.33. The van der Waals surface area contributed by atoms with Crippen molar-refractivity contribution in [1.82, 2.24) is 4.90 Å². The van der Waals surface area contributed by atoms with Gasteiger partial charge in [0.1, 0.15) is 5.25 Å². The first-order chi connectivity index (χ1) is 6.52. The highest BCUT2D eigenvalue weighted by Crippen LogP contribution is 2.19. The molecule has 6 heteroatoms. The van der Waals surface area contributed by atoms with Gasteiger partial charge in [-0.2, -0.15) is 0 Å². The molecule has 14 heavy (non-hydrogen) atoms. The summed E-state index contributed by atoms with van der Waals surface area (Å²) in [6, 6.07) is -0.549. The van der Waals surface area contributed by atoms with Crippen LogP contribution in [-0.2, 0) is 9.59 Å². The predicted molar refractivity (Wildman–Crippen MR) is 54.1 cm³/mol. The molecule has 1 aliphatic rings. The van der Waals surface area contributed by atoms with Gasteiger partial charge in [0.2, 0.25) is 5.91 Å². The van der Waals surface area contributed by atoms with Crippen LogP contribution >= 0.6 is 11.8 Å². The molecule has 80 valence electrons. The first-order valence-electron chi connectivity index (χ1n) is 4.41. The van der Waals surface area contributed by atoms with Gasteiger partial charge >= 0.3 is 5.97 Å². The Bertz CT molecular complexity index is 245. The number of amides is 1. The van der Waals surface area contributed by atoms with Gasteiger partial charge in [-0.05, 0) is 6.92 Å². The summed E-state index contributed by atoms with van der Waals surface area (Å²) in [5.74, 6) is -0.371. The van der Waals surface area contributed by atoms with Crippen molar-refractivity contribution in [3.05, 3.63) is 0 Å². The molecule has 0 radical (unpaired) electrons. The van der Waals surface area contributed by atoms with E-state index in [9.17, 15) is 9.59 Å². The van der Waals surface area contributed by atoms with Crippen LogP contribution in [0.1, 0.15) is 6.92 Å². The molecule has 0 aromatic rings. The number of thioether (sulfide) groups is 1. The normalized spacial score (nSPS) is 24.4. The maximum Gasteiger partial charge on any atom is 0.318 e. The van der Waals surface area contributed by atoms with Crippen molar-refractivity contribution in [2.45, 2.75) is 18.2 Å². The van der Waals surface area contributed by atoms with Crippen LogP contribution in [0.3, 0.4) is 0 Å². The van der Waals surface area contributed by atoms with E-state index < -0.39 is 17.3 Å². The van der Waals surface area contributed by atoms with E-state index in [0.29, 0.717) is 12.3 Å². The molecular weight excluding hydrogens is 204 g/mol. The third-order valence-corrected chi connectivity index (χ3v) is 3.21. The molecule has 1 heterocycles. The highest BCUT2D eigenvalue weighted by Gasteiger charge is 2.29. The number of nitrogens with two attached hydrogens (primary N) is 1. The Kier molecular flexibility index (Phi) is 3.77. The maximum absolute atomic E-state index is 11.5. The minimum Gasteiger partial charge on any atom is -0.480 e. The Morgan fingerprint density at radius 3 is 2.79 bits per heavy atom. The van der Waals surface area contributed by atoms with Gasteiger partial charge in [-0.15, -0.1) is 11.8 Å². The second-order valence-electron chi connectivity index (χ2n) is 3.27. The van der Waals surface area contributed by atoms with E-state index in [-0.39, 0.29) is 12.5 Å². The quantitative estimate of drug-likeness (QED) is 0.644. The van der Waals surface area contributed by atoms with Crippen molar-refractivity contribution < 1.29 is 14.7 Å². The van der Waals surface area contributed by atoms with Crippen molar-refractivity contribution >= 4 is 23.6 Å². The fraction of sp³-hybridized carbons (Fsp3) is 0.750. The summed E-state index contributed by atoms with van der Waals surface area (Å²) in [5, 5.41) is 8.28. The Morgan fingerprint density at radius 1 is 1.64 bits per heavy atom. The van der Waals surface area contributed by atoms with E-state index in [1.54, 1.807) is 6.92 Å². The summed E-state index contributed by atoms with van der Waals surface area (Å²) in [7, 11) is 0. The van der Waals surface area contributed by atoms with Gasteiger partial charge in [0, 0.05) is 18.8 Å². The molecule has 5 nitrogen and oxygen atoms in total. The molecule has 0 aromatic heterocycles. The second-order valence-corrected chi connectivity index (χ2v) is 4.58. The van der Waals surface area contributed by atoms with Crippen molar-refractivity contribution in [2.24, 2.45) is 5.73 Å². The smallest absolute Gasteiger partial charge is 0.318 e. The number of carboxylic acid groups (broad SMARTS) is 1. The molecule has 1 amide bonds. The van der Waals surface area contributed by atoms with Crippen molar-refractivity contribution in [3.8, 4) is 0 Å². The lowest BCUT2D eigenvalue weighted by Crippen LogP contribution is -2.49. The molecule has 2 unspecified atom stereocenters. The molecule has 0 aromatic carbocycles. The van der Waals surface area contributed by atoms with Crippen LogP contribution in [0.5, 0.6) is 0 Å². The molecule has 3 N–H and O–H groups in total. The van der Waals surface area contributed by atoms with Crippen LogP contribution in [0.4, 0.5) is 0 Å². The molecular formula is C8H14N2O3S. The van der Waals surface area contributed by atoms with Crippen LogP contribution in [0.25, 0.3) is 0 Å². The summed E-state index contributed by atoms with van der Waals surface area (Å²) in [6.45, 7) is 2.47. The van der Waals surface area contributed by atoms with Gasteiger partial charge in [0.05, 0.1) is 6.04 Å². The number of rotatable bonds is 2. The first-order valence-corrected chi connectivity index (χ1v) is 5.46. The highest BCUT2D eigenvalue weighted by atomic mass is 32.2. The zero-order valence-electron chi connectivity index (χ0n) is 7.97. The monoisotopic (exact) mass is 218 g/mol. The van der Waals surface area contributed by atoms with Gasteiger partial charge < -0.3 is 15.7 Å². The van der Waals surface area contributed by atoms with Gasteiger partial charge in [-0.3, -0.25) is 9.59 Å². The molecule has 0 aliphatic carbocycles. The van der Waals surface area contributed by atoms with Crippen LogP contribution in [0, 0.1) is 0 Å². The van der Waals surface area contributed by atoms with E-state index in [1.807, 2.05) is 0 Å². The summed E-state index contributed by atoms with van der Waals surface area (Å²) in [4.78, 5) is 23.7. The summed E-state index contributed by atoms with van der Waals surface area (Å²) < 4.78 is 0. The van der Waals surface area contributed by atoms with Gasteiger partial charge in [-0.1, -0.05) is 0 Å². The predicted octanol–water partition coefficient (Wildman–Crippen LogP) is -0.638. The maximum atomic E-state index is 11.5. The lowest BCUT2D eigenvalue weighted by molar-refractivity contribution is -0.138. The van der Waals surface area contributed by atoms with Crippen molar-refractivity contribution in [2.75, 3.05) is 18.8 Å².